The van der Waals surface area contributed by atoms with Gasteiger partial charge >= 0.3 is 0 Å². The van der Waals surface area contributed by atoms with Crippen molar-refractivity contribution >= 4 is 33.8 Å². The number of rotatable bonds is 6. The number of fused-ring (bicyclic) bond motifs is 2. The smallest absolute Gasteiger partial charge is 0.244 e. The predicted octanol–water partition coefficient (Wildman–Crippen LogP) is 6.13. The first-order valence-corrected chi connectivity index (χ1v) is 11.1. The zero-order valence-corrected chi connectivity index (χ0v) is 18.5. The van der Waals surface area contributed by atoms with Crippen molar-refractivity contribution in [3.63, 3.8) is 0 Å². The van der Waals surface area contributed by atoms with Crippen molar-refractivity contribution in [2.24, 2.45) is 0 Å². The van der Waals surface area contributed by atoms with E-state index in [-0.39, 0.29) is 11.9 Å². The van der Waals surface area contributed by atoms with Crippen LogP contribution in [0.25, 0.3) is 27.9 Å². The summed E-state index contributed by atoms with van der Waals surface area (Å²) >= 11 is 0. The molecule has 0 saturated heterocycles. The summed E-state index contributed by atoms with van der Waals surface area (Å²) in [5.41, 5.74) is 4.19. The van der Waals surface area contributed by atoms with Crippen LogP contribution < -0.4 is 5.32 Å². The maximum atomic E-state index is 12.6. The van der Waals surface area contributed by atoms with Crippen LogP contribution in [0, 0.1) is 0 Å². The number of nitrogens with zero attached hydrogens (tertiary/aromatic N) is 2. The fourth-order valence-corrected chi connectivity index (χ4v) is 4.25. The first-order chi connectivity index (χ1) is 16.2. The van der Waals surface area contributed by atoms with Crippen LogP contribution in [-0.4, -0.2) is 15.5 Å². The van der Waals surface area contributed by atoms with E-state index in [9.17, 15) is 4.79 Å². The van der Waals surface area contributed by atoms with Gasteiger partial charge in [0, 0.05) is 6.08 Å². The molecular formula is C29H25N3O. The van der Waals surface area contributed by atoms with E-state index >= 15 is 0 Å². The third-order valence-electron chi connectivity index (χ3n) is 5.87. The van der Waals surface area contributed by atoms with Gasteiger partial charge in [-0.05, 0) is 47.0 Å². The number of imidazole rings is 1. The van der Waals surface area contributed by atoms with E-state index in [0.717, 1.165) is 22.4 Å². The SMILES string of the molecule is CC(NC(=O)/C=C\c1ccccc1)c1nc2ccccc2n1Cc1cccc2ccccc12. The van der Waals surface area contributed by atoms with Crippen LogP contribution in [-0.2, 0) is 11.3 Å². The topological polar surface area (TPSA) is 46.9 Å². The van der Waals surface area contributed by atoms with Crippen molar-refractivity contribution in [3.05, 3.63) is 120 Å². The van der Waals surface area contributed by atoms with Gasteiger partial charge in [-0.2, -0.15) is 0 Å². The second-order valence-corrected chi connectivity index (χ2v) is 8.16. The molecule has 4 aromatic carbocycles. The van der Waals surface area contributed by atoms with E-state index in [0.29, 0.717) is 6.54 Å². The van der Waals surface area contributed by atoms with Gasteiger partial charge in [0.05, 0.1) is 23.6 Å². The Kier molecular flexibility index (Phi) is 5.73. The molecule has 1 atom stereocenters. The van der Waals surface area contributed by atoms with E-state index in [1.165, 1.54) is 16.3 Å². The summed E-state index contributed by atoms with van der Waals surface area (Å²) in [6, 6.07) is 32.5. The summed E-state index contributed by atoms with van der Waals surface area (Å²) in [7, 11) is 0. The average Bonchev–Trinajstić information content (AvgIpc) is 3.22. The largest absolute Gasteiger partial charge is 0.343 e. The zero-order chi connectivity index (χ0) is 22.6. The second-order valence-electron chi connectivity index (χ2n) is 8.16. The van der Waals surface area contributed by atoms with Crippen LogP contribution in [0.2, 0.25) is 0 Å². The molecule has 1 heterocycles. The molecule has 33 heavy (non-hydrogen) atoms. The molecule has 4 heteroatoms. The van der Waals surface area contributed by atoms with E-state index in [2.05, 4.69) is 58.4 Å². The normalized spacial score (nSPS) is 12.4. The summed E-state index contributed by atoms with van der Waals surface area (Å²) in [6.07, 6.45) is 3.39. The Morgan fingerprint density at radius 1 is 0.909 bits per heavy atom. The minimum Gasteiger partial charge on any atom is -0.343 e. The number of hydrogen-bond acceptors (Lipinski definition) is 2. The Balaban J connectivity index is 1.46. The number of carbonyl (C=O) groups excluding carboxylic acids is 1. The number of para-hydroxylation sites is 2. The Hall–Kier alpha value is -4.18. The fraction of sp³-hybridized carbons (Fsp3) is 0.103. The van der Waals surface area contributed by atoms with Gasteiger partial charge < -0.3 is 9.88 Å². The van der Waals surface area contributed by atoms with Crippen LogP contribution in [0.3, 0.4) is 0 Å². The van der Waals surface area contributed by atoms with Crippen LogP contribution >= 0.6 is 0 Å². The van der Waals surface area contributed by atoms with Crippen molar-refractivity contribution in [3.8, 4) is 0 Å². The summed E-state index contributed by atoms with van der Waals surface area (Å²) in [5.74, 6) is 0.695. The van der Waals surface area contributed by atoms with Crippen molar-refractivity contribution in [2.75, 3.05) is 0 Å². The number of nitrogens with one attached hydrogen (secondary N) is 1. The number of aromatic nitrogens is 2. The Labute approximate surface area is 193 Å². The first kappa shape index (κ1) is 20.7. The highest BCUT2D eigenvalue weighted by molar-refractivity contribution is 5.92. The minimum atomic E-state index is -0.250. The maximum Gasteiger partial charge on any atom is 0.244 e. The highest BCUT2D eigenvalue weighted by Crippen LogP contribution is 2.25. The maximum absolute atomic E-state index is 12.6. The van der Waals surface area contributed by atoms with Crippen molar-refractivity contribution in [2.45, 2.75) is 19.5 Å². The van der Waals surface area contributed by atoms with Crippen molar-refractivity contribution in [1.82, 2.24) is 14.9 Å². The highest BCUT2D eigenvalue weighted by atomic mass is 16.1. The molecule has 162 valence electrons. The average molecular weight is 432 g/mol. The van der Waals surface area contributed by atoms with Gasteiger partial charge in [-0.3, -0.25) is 4.79 Å². The summed E-state index contributed by atoms with van der Waals surface area (Å²) in [6.45, 7) is 2.66. The van der Waals surface area contributed by atoms with E-state index in [1.54, 1.807) is 6.08 Å². The van der Waals surface area contributed by atoms with Crippen LogP contribution in [0.5, 0.6) is 0 Å². The molecule has 0 aliphatic carbocycles. The lowest BCUT2D eigenvalue weighted by atomic mass is 10.0. The molecule has 4 nitrogen and oxygen atoms in total. The summed E-state index contributed by atoms with van der Waals surface area (Å²) in [5, 5.41) is 5.53. The molecule has 0 aliphatic rings. The van der Waals surface area contributed by atoms with Gasteiger partial charge in [0.25, 0.3) is 0 Å². The summed E-state index contributed by atoms with van der Waals surface area (Å²) < 4.78 is 2.21. The number of benzene rings is 4. The van der Waals surface area contributed by atoms with Crippen molar-refractivity contribution in [1.29, 1.82) is 0 Å². The molecule has 0 radical (unpaired) electrons. The molecule has 5 rings (SSSR count). The Morgan fingerprint density at radius 3 is 2.52 bits per heavy atom. The Bertz CT molecular complexity index is 1440. The van der Waals surface area contributed by atoms with E-state index in [1.807, 2.05) is 61.5 Å². The molecule has 0 saturated carbocycles. The third-order valence-corrected chi connectivity index (χ3v) is 5.87. The molecule has 0 bridgehead atoms. The zero-order valence-electron chi connectivity index (χ0n) is 18.5. The van der Waals surface area contributed by atoms with E-state index < -0.39 is 0 Å². The summed E-state index contributed by atoms with van der Waals surface area (Å²) in [4.78, 5) is 17.5. The molecule has 1 amide bonds. The minimum absolute atomic E-state index is 0.143. The lowest BCUT2D eigenvalue weighted by Gasteiger charge is -2.16. The lowest BCUT2D eigenvalue weighted by Crippen LogP contribution is -2.27. The predicted molar refractivity (Wildman–Crippen MR) is 135 cm³/mol. The molecule has 1 aromatic heterocycles. The van der Waals surface area contributed by atoms with Gasteiger partial charge in [0.2, 0.25) is 5.91 Å². The molecular weight excluding hydrogens is 406 g/mol. The van der Waals surface area contributed by atoms with Crippen LogP contribution in [0.4, 0.5) is 0 Å². The fourth-order valence-electron chi connectivity index (χ4n) is 4.25. The van der Waals surface area contributed by atoms with Gasteiger partial charge in [0.15, 0.2) is 0 Å². The standard InChI is InChI=1S/C29H25N3O/c1-21(30-28(33)19-18-22-10-3-2-4-11-22)29-31-26-16-7-8-17-27(26)32(29)20-24-14-9-13-23-12-5-6-15-25(23)24/h2-19,21H,20H2,1H3,(H,30,33)/b19-18-. The van der Waals surface area contributed by atoms with Gasteiger partial charge in [0.1, 0.15) is 5.82 Å². The number of amides is 1. The van der Waals surface area contributed by atoms with Crippen molar-refractivity contribution < 1.29 is 4.79 Å². The number of carbonyl (C=O) groups is 1. The monoisotopic (exact) mass is 431 g/mol. The number of hydrogen-bond donors (Lipinski definition) is 1. The molecule has 0 spiro atoms. The lowest BCUT2D eigenvalue weighted by molar-refractivity contribution is -0.117. The molecule has 0 aliphatic heterocycles. The third kappa shape index (κ3) is 4.41. The van der Waals surface area contributed by atoms with E-state index in [4.69, 9.17) is 4.98 Å². The van der Waals surface area contributed by atoms with Crippen LogP contribution in [0.15, 0.2) is 103 Å². The van der Waals surface area contributed by atoms with Gasteiger partial charge in [-0.25, -0.2) is 4.98 Å². The molecule has 1 N–H and O–H groups in total. The quantitative estimate of drug-likeness (QED) is 0.329. The van der Waals surface area contributed by atoms with Gasteiger partial charge in [-0.15, -0.1) is 0 Å². The first-order valence-electron chi connectivity index (χ1n) is 11.1. The highest BCUT2D eigenvalue weighted by Gasteiger charge is 2.18. The van der Waals surface area contributed by atoms with Crippen LogP contribution in [0.1, 0.15) is 29.9 Å². The molecule has 5 aromatic rings. The molecule has 0 fully saturated rings. The molecule has 1 unspecified atom stereocenters. The second kappa shape index (κ2) is 9.13. The Morgan fingerprint density at radius 2 is 1.64 bits per heavy atom. The van der Waals surface area contributed by atoms with Gasteiger partial charge in [-0.1, -0.05) is 84.9 Å².